The number of rotatable bonds is 5. The van der Waals surface area contributed by atoms with Gasteiger partial charge in [-0.05, 0) is 51.0 Å². The van der Waals surface area contributed by atoms with Gasteiger partial charge in [0.05, 0.1) is 11.4 Å². The molecule has 1 aliphatic rings. The van der Waals surface area contributed by atoms with Crippen LogP contribution in [0.3, 0.4) is 0 Å². The maximum Gasteiger partial charge on any atom is 0.243 e. The third kappa shape index (κ3) is 3.88. The molecule has 0 atom stereocenters. The minimum atomic E-state index is -3.38. The lowest BCUT2D eigenvalue weighted by Gasteiger charge is -2.31. The van der Waals surface area contributed by atoms with Crippen molar-refractivity contribution in [3.05, 3.63) is 53.5 Å². The lowest BCUT2D eigenvalue weighted by molar-refractivity contribution is 0.283. The fraction of sp³-hybridized carbons (Fsp3) is 0.444. The van der Waals surface area contributed by atoms with E-state index >= 15 is 0 Å². The molecule has 24 heavy (non-hydrogen) atoms. The molecule has 130 valence electrons. The van der Waals surface area contributed by atoms with Gasteiger partial charge in [-0.25, -0.2) is 8.42 Å². The van der Waals surface area contributed by atoms with Crippen LogP contribution in [0.4, 0.5) is 0 Å². The first-order chi connectivity index (χ1) is 11.4. The lowest BCUT2D eigenvalue weighted by atomic mass is 10.1. The van der Waals surface area contributed by atoms with Crippen molar-refractivity contribution in [1.29, 1.82) is 0 Å². The van der Waals surface area contributed by atoms with Crippen LogP contribution in [0.1, 0.15) is 29.9 Å². The molecule has 5 nitrogen and oxygen atoms in total. The fourth-order valence-corrected chi connectivity index (χ4v) is 4.45. The van der Waals surface area contributed by atoms with Gasteiger partial charge >= 0.3 is 0 Å². The molecule has 0 radical (unpaired) electrons. The standard InChI is InChI=1S/C18H24N2O3S/c1-14-3-7-18(8-4-14)24(21,22)20-11-9-16(10-12-20)19-13-17-6-5-15(2)23-17/h3-8,16,19H,9-13H2,1-2H3. The first-order valence-electron chi connectivity index (χ1n) is 8.31. The van der Waals surface area contributed by atoms with Gasteiger partial charge in [0.2, 0.25) is 10.0 Å². The van der Waals surface area contributed by atoms with E-state index in [1.807, 2.05) is 38.1 Å². The number of piperidine rings is 1. The summed E-state index contributed by atoms with van der Waals surface area (Å²) < 4.78 is 32.5. The molecule has 0 saturated carbocycles. The highest BCUT2D eigenvalue weighted by Crippen LogP contribution is 2.21. The van der Waals surface area contributed by atoms with Gasteiger partial charge in [-0.1, -0.05) is 17.7 Å². The Labute approximate surface area is 143 Å². The van der Waals surface area contributed by atoms with Crippen LogP contribution in [0.2, 0.25) is 0 Å². The van der Waals surface area contributed by atoms with Gasteiger partial charge in [0.1, 0.15) is 11.5 Å². The Morgan fingerprint density at radius 2 is 1.75 bits per heavy atom. The van der Waals surface area contributed by atoms with E-state index < -0.39 is 10.0 Å². The molecule has 2 heterocycles. The Balaban J connectivity index is 1.55. The van der Waals surface area contributed by atoms with Crippen molar-refractivity contribution in [3.8, 4) is 0 Å². The average Bonchev–Trinajstić information content (AvgIpc) is 2.99. The molecule has 1 aliphatic heterocycles. The van der Waals surface area contributed by atoms with Crippen molar-refractivity contribution in [2.24, 2.45) is 0 Å². The summed E-state index contributed by atoms with van der Waals surface area (Å²) in [5, 5.41) is 3.46. The summed E-state index contributed by atoms with van der Waals surface area (Å²) in [7, 11) is -3.38. The summed E-state index contributed by atoms with van der Waals surface area (Å²) in [5.41, 5.74) is 1.06. The molecule has 1 fully saturated rings. The van der Waals surface area contributed by atoms with Crippen molar-refractivity contribution in [2.75, 3.05) is 13.1 Å². The minimum Gasteiger partial charge on any atom is -0.465 e. The summed E-state index contributed by atoms with van der Waals surface area (Å²) in [6.07, 6.45) is 1.62. The third-order valence-corrected chi connectivity index (χ3v) is 6.39. The van der Waals surface area contributed by atoms with Crippen LogP contribution in [0, 0.1) is 13.8 Å². The topological polar surface area (TPSA) is 62.6 Å². The lowest BCUT2D eigenvalue weighted by Crippen LogP contribution is -2.44. The Morgan fingerprint density at radius 3 is 2.33 bits per heavy atom. The van der Waals surface area contributed by atoms with E-state index in [4.69, 9.17) is 4.42 Å². The smallest absolute Gasteiger partial charge is 0.243 e. The molecule has 1 N–H and O–H groups in total. The third-order valence-electron chi connectivity index (χ3n) is 4.47. The molecule has 0 bridgehead atoms. The maximum atomic E-state index is 12.7. The molecule has 1 aromatic heterocycles. The number of sulfonamides is 1. The van der Waals surface area contributed by atoms with Crippen molar-refractivity contribution < 1.29 is 12.8 Å². The summed E-state index contributed by atoms with van der Waals surface area (Å²) in [4.78, 5) is 0.380. The number of nitrogens with one attached hydrogen (secondary N) is 1. The van der Waals surface area contributed by atoms with Gasteiger partial charge in [-0.15, -0.1) is 0 Å². The van der Waals surface area contributed by atoms with E-state index in [2.05, 4.69) is 5.32 Å². The zero-order valence-electron chi connectivity index (χ0n) is 14.2. The highest BCUT2D eigenvalue weighted by Gasteiger charge is 2.29. The fourth-order valence-electron chi connectivity index (χ4n) is 2.98. The summed E-state index contributed by atoms with van der Waals surface area (Å²) in [5.74, 6) is 1.83. The number of hydrogen-bond acceptors (Lipinski definition) is 4. The van der Waals surface area contributed by atoms with Gasteiger partial charge in [-0.3, -0.25) is 0 Å². The first kappa shape index (κ1) is 17.2. The SMILES string of the molecule is Cc1ccc(S(=O)(=O)N2CCC(NCc3ccc(C)o3)CC2)cc1. The van der Waals surface area contributed by atoms with Crippen LogP contribution in [0.25, 0.3) is 0 Å². The zero-order valence-corrected chi connectivity index (χ0v) is 15.0. The van der Waals surface area contributed by atoms with Crippen LogP contribution < -0.4 is 5.32 Å². The summed E-state index contributed by atoms with van der Waals surface area (Å²) in [6.45, 7) is 5.66. The Kier molecular flexibility index (Phi) is 5.08. The van der Waals surface area contributed by atoms with Gasteiger partial charge in [0.25, 0.3) is 0 Å². The monoisotopic (exact) mass is 348 g/mol. The number of nitrogens with zero attached hydrogens (tertiary/aromatic N) is 1. The van der Waals surface area contributed by atoms with Crippen molar-refractivity contribution in [3.63, 3.8) is 0 Å². The highest BCUT2D eigenvalue weighted by atomic mass is 32.2. The molecule has 0 aliphatic carbocycles. The number of aryl methyl sites for hydroxylation is 2. The molecule has 3 rings (SSSR count). The second-order valence-corrected chi connectivity index (χ2v) is 8.32. The van der Waals surface area contributed by atoms with Gasteiger partial charge in [0, 0.05) is 19.1 Å². The van der Waals surface area contributed by atoms with Gasteiger partial charge in [-0.2, -0.15) is 4.31 Å². The van der Waals surface area contributed by atoms with E-state index in [1.165, 1.54) is 0 Å². The molecule has 6 heteroatoms. The van der Waals surface area contributed by atoms with Crippen LogP contribution in [0.5, 0.6) is 0 Å². The number of benzene rings is 1. The molecular weight excluding hydrogens is 324 g/mol. The second-order valence-electron chi connectivity index (χ2n) is 6.38. The predicted molar refractivity (Wildman–Crippen MR) is 93.2 cm³/mol. The van der Waals surface area contributed by atoms with Crippen LogP contribution in [0.15, 0.2) is 45.7 Å². The first-order valence-corrected chi connectivity index (χ1v) is 9.75. The molecule has 0 unspecified atom stereocenters. The summed E-state index contributed by atoms with van der Waals surface area (Å²) in [6, 6.07) is 11.3. The molecule has 1 saturated heterocycles. The van der Waals surface area contributed by atoms with E-state index in [1.54, 1.807) is 16.4 Å². The molecule has 2 aromatic rings. The Morgan fingerprint density at radius 1 is 1.08 bits per heavy atom. The van der Waals surface area contributed by atoms with Gasteiger partial charge < -0.3 is 9.73 Å². The number of hydrogen-bond donors (Lipinski definition) is 1. The van der Waals surface area contributed by atoms with Crippen LogP contribution in [-0.2, 0) is 16.6 Å². The Bertz CT molecular complexity index is 773. The van der Waals surface area contributed by atoms with E-state index in [0.29, 0.717) is 30.6 Å². The minimum absolute atomic E-state index is 0.319. The normalized spacial score (nSPS) is 17.2. The summed E-state index contributed by atoms with van der Waals surface area (Å²) >= 11 is 0. The molecule has 1 aromatic carbocycles. The largest absolute Gasteiger partial charge is 0.465 e. The maximum absolute atomic E-state index is 12.7. The molecule has 0 amide bonds. The Hall–Kier alpha value is -1.63. The van der Waals surface area contributed by atoms with Crippen molar-refractivity contribution in [1.82, 2.24) is 9.62 Å². The van der Waals surface area contributed by atoms with E-state index in [0.717, 1.165) is 29.9 Å². The zero-order chi connectivity index (χ0) is 17.2. The van der Waals surface area contributed by atoms with Crippen molar-refractivity contribution in [2.45, 2.75) is 44.2 Å². The van der Waals surface area contributed by atoms with Gasteiger partial charge in [0.15, 0.2) is 0 Å². The van der Waals surface area contributed by atoms with E-state index in [-0.39, 0.29) is 0 Å². The molecule has 0 spiro atoms. The van der Waals surface area contributed by atoms with Crippen LogP contribution in [-0.4, -0.2) is 31.9 Å². The van der Waals surface area contributed by atoms with Crippen molar-refractivity contribution >= 4 is 10.0 Å². The average molecular weight is 348 g/mol. The van der Waals surface area contributed by atoms with Crippen LogP contribution >= 0.6 is 0 Å². The highest BCUT2D eigenvalue weighted by molar-refractivity contribution is 7.89. The second kappa shape index (κ2) is 7.09. The quantitative estimate of drug-likeness (QED) is 0.902. The molecular formula is C18H24N2O3S. The predicted octanol–water partition coefficient (Wildman–Crippen LogP) is 2.84. The number of furan rings is 1. The van der Waals surface area contributed by atoms with E-state index in [9.17, 15) is 8.42 Å².